The Balaban J connectivity index is 1.57. The number of hydrogen-bond donors (Lipinski definition) is 1. The average Bonchev–Trinajstić information content (AvgIpc) is 2.73. The molecule has 0 aliphatic heterocycles. The van der Waals surface area contributed by atoms with Gasteiger partial charge in [0, 0.05) is 18.6 Å². The maximum atomic E-state index is 12.5. The zero-order valence-corrected chi connectivity index (χ0v) is 16.0. The third-order valence-corrected chi connectivity index (χ3v) is 4.13. The van der Waals surface area contributed by atoms with Crippen molar-refractivity contribution in [1.82, 2.24) is 15.3 Å². The van der Waals surface area contributed by atoms with E-state index in [4.69, 9.17) is 4.74 Å². The SMILES string of the molecule is CC(C)(Oc1ccc(/C=C/c2ccncc2)cc1)C(=O)NCc1ccccn1. The van der Waals surface area contributed by atoms with E-state index in [1.807, 2.05) is 66.7 Å². The Hall–Kier alpha value is -3.47. The van der Waals surface area contributed by atoms with Crippen LogP contribution >= 0.6 is 0 Å². The summed E-state index contributed by atoms with van der Waals surface area (Å²) in [5.41, 5.74) is 1.93. The fourth-order valence-corrected chi connectivity index (χ4v) is 2.54. The lowest BCUT2D eigenvalue weighted by Crippen LogP contribution is -2.46. The summed E-state index contributed by atoms with van der Waals surface area (Å²) in [4.78, 5) is 20.7. The van der Waals surface area contributed by atoms with Gasteiger partial charge in [0.1, 0.15) is 5.75 Å². The molecule has 0 aliphatic rings. The molecular formula is C23H23N3O2. The number of carbonyl (C=O) groups excluding carboxylic acids is 1. The summed E-state index contributed by atoms with van der Waals surface area (Å²) in [5, 5.41) is 2.87. The molecule has 142 valence electrons. The van der Waals surface area contributed by atoms with E-state index >= 15 is 0 Å². The van der Waals surface area contributed by atoms with E-state index in [1.165, 1.54) is 0 Å². The van der Waals surface area contributed by atoms with Crippen molar-refractivity contribution < 1.29 is 9.53 Å². The summed E-state index contributed by atoms with van der Waals surface area (Å²) in [6.45, 7) is 3.86. The van der Waals surface area contributed by atoms with Crippen molar-refractivity contribution in [2.45, 2.75) is 26.0 Å². The first-order valence-electron chi connectivity index (χ1n) is 9.08. The smallest absolute Gasteiger partial charge is 0.263 e. The van der Waals surface area contributed by atoms with Crippen LogP contribution in [0.3, 0.4) is 0 Å². The maximum Gasteiger partial charge on any atom is 0.263 e. The van der Waals surface area contributed by atoms with Gasteiger partial charge in [0.25, 0.3) is 5.91 Å². The van der Waals surface area contributed by atoms with Gasteiger partial charge in [-0.3, -0.25) is 14.8 Å². The van der Waals surface area contributed by atoms with Crippen molar-refractivity contribution in [3.63, 3.8) is 0 Å². The molecule has 0 bridgehead atoms. The highest BCUT2D eigenvalue weighted by Gasteiger charge is 2.29. The Labute approximate surface area is 165 Å². The third kappa shape index (κ3) is 5.51. The Morgan fingerprint density at radius 1 is 0.964 bits per heavy atom. The molecule has 2 aromatic heterocycles. The first-order valence-corrected chi connectivity index (χ1v) is 9.08. The summed E-state index contributed by atoms with van der Waals surface area (Å²) in [7, 11) is 0. The number of rotatable bonds is 7. The van der Waals surface area contributed by atoms with Crippen LogP contribution in [-0.2, 0) is 11.3 Å². The Morgan fingerprint density at radius 2 is 1.64 bits per heavy atom. The second kappa shape index (κ2) is 8.95. The lowest BCUT2D eigenvalue weighted by atomic mass is 10.1. The minimum atomic E-state index is -0.997. The van der Waals surface area contributed by atoms with Crippen molar-refractivity contribution in [3.8, 4) is 5.75 Å². The zero-order chi connectivity index (χ0) is 19.8. The molecule has 1 N–H and O–H groups in total. The van der Waals surface area contributed by atoms with E-state index in [1.54, 1.807) is 32.4 Å². The largest absolute Gasteiger partial charge is 0.478 e. The monoisotopic (exact) mass is 373 g/mol. The number of carbonyl (C=O) groups is 1. The van der Waals surface area contributed by atoms with E-state index in [0.717, 1.165) is 16.8 Å². The van der Waals surface area contributed by atoms with Gasteiger partial charge in [-0.05, 0) is 61.4 Å². The van der Waals surface area contributed by atoms with Gasteiger partial charge in [0.05, 0.1) is 12.2 Å². The molecule has 0 spiro atoms. The van der Waals surface area contributed by atoms with Crippen LogP contribution in [0, 0.1) is 0 Å². The second-order valence-electron chi connectivity index (χ2n) is 6.80. The number of benzene rings is 1. The van der Waals surface area contributed by atoms with Crippen LogP contribution in [0.1, 0.15) is 30.7 Å². The number of nitrogens with one attached hydrogen (secondary N) is 1. The molecule has 0 atom stereocenters. The lowest BCUT2D eigenvalue weighted by molar-refractivity contribution is -0.134. The van der Waals surface area contributed by atoms with Gasteiger partial charge in [-0.15, -0.1) is 0 Å². The molecule has 5 nitrogen and oxygen atoms in total. The molecule has 0 saturated carbocycles. The molecule has 0 fully saturated rings. The Morgan fingerprint density at radius 3 is 2.29 bits per heavy atom. The lowest BCUT2D eigenvalue weighted by Gasteiger charge is -2.25. The average molecular weight is 373 g/mol. The van der Waals surface area contributed by atoms with Crippen LogP contribution in [0.15, 0.2) is 73.2 Å². The van der Waals surface area contributed by atoms with Crippen LogP contribution in [0.25, 0.3) is 12.2 Å². The van der Waals surface area contributed by atoms with E-state index in [-0.39, 0.29) is 5.91 Å². The summed E-state index contributed by atoms with van der Waals surface area (Å²) >= 11 is 0. The number of pyridine rings is 2. The number of ether oxygens (including phenoxy) is 1. The van der Waals surface area contributed by atoms with Gasteiger partial charge < -0.3 is 10.1 Å². The molecule has 1 amide bonds. The van der Waals surface area contributed by atoms with Crippen LogP contribution in [0.2, 0.25) is 0 Å². The predicted molar refractivity (Wildman–Crippen MR) is 110 cm³/mol. The highest BCUT2D eigenvalue weighted by Crippen LogP contribution is 2.20. The van der Waals surface area contributed by atoms with Crippen LogP contribution in [0.4, 0.5) is 0 Å². The summed E-state index contributed by atoms with van der Waals surface area (Å²) < 4.78 is 5.91. The predicted octanol–water partition coefficient (Wildman–Crippen LogP) is 4.12. The van der Waals surface area contributed by atoms with Crippen LogP contribution in [0.5, 0.6) is 5.75 Å². The third-order valence-electron chi connectivity index (χ3n) is 4.13. The quantitative estimate of drug-likeness (QED) is 0.677. The zero-order valence-electron chi connectivity index (χ0n) is 16.0. The summed E-state index contributed by atoms with van der Waals surface area (Å²) in [6.07, 6.45) is 9.26. The van der Waals surface area contributed by atoms with E-state index in [2.05, 4.69) is 15.3 Å². The van der Waals surface area contributed by atoms with Gasteiger partial charge >= 0.3 is 0 Å². The molecule has 0 saturated heterocycles. The Bertz CT molecular complexity index is 921. The first kappa shape index (κ1) is 19.3. The van der Waals surface area contributed by atoms with Crippen molar-refractivity contribution in [2.24, 2.45) is 0 Å². The minimum absolute atomic E-state index is 0.195. The fourth-order valence-electron chi connectivity index (χ4n) is 2.54. The molecule has 0 radical (unpaired) electrons. The fraction of sp³-hybridized carbons (Fsp3) is 0.174. The molecule has 0 aliphatic carbocycles. The number of amides is 1. The van der Waals surface area contributed by atoms with Gasteiger partial charge in [0.15, 0.2) is 5.60 Å². The van der Waals surface area contributed by atoms with Gasteiger partial charge in [0.2, 0.25) is 0 Å². The molecule has 1 aromatic carbocycles. The molecule has 3 aromatic rings. The Kier molecular flexibility index (Phi) is 6.17. The van der Waals surface area contributed by atoms with Crippen molar-refractivity contribution in [3.05, 3.63) is 90.0 Å². The molecular weight excluding hydrogens is 350 g/mol. The number of nitrogens with zero attached hydrogens (tertiary/aromatic N) is 2. The summed E-state index contributed by atoms with van der Waals surface area (Å²) in [5.74, 6) is 0.443. The maximum absolute atomic E-state index is 12.5. The molecule has 3 rings (SSSR count). The summed E-state index contributed by atoms with van der Waals surface area (Å²) in [6, 6.07) is 17.1. The second-order valence-corrected chi connectivity index (χ2v) is 6.80. The van der Waals surface area contributed by atoms with Gasteiger partial charge in [-0.2, -0.15) is 0 Å². The highest BCUT2D eigenvalue weighted by atomic mass is 16.5. The van der Waals surface area contributed by atoms with Crippen LogP contribution < -0.4 is 10.1 Å². The molecule has 28 heavy (non-hydrogen) atoms. The minimum Gasteiger partial charge on any atom is -0.478 e. The van der Waals surface area contributed by atoms with Crippen molar-refractivity contribution in [2.75, 3.05) is 0 Å². The van der Waals surface area contributed by atoms with E-state index in [9.17, 15) is 4.79 Å². The van der Waals surface area contributed by atoms with Gasteiger partial charge in [-0.1, -0.05) is 30.4 Å². The van der Waals surface area contributed by atoms with Crippen molar-refractivity contribution in [1.29, 1.82) is 0 Å². The normalized spacial score (nSPS) is 11.4. The van der Waals surface area contributed by atoms with Crippen molar-refractivity contribution >= 4 is 18.1 Å². The van der Waals surface area contributed by atoms with Gasteiger partial charge in [-0.25, -0.2) is 0 Å². The topological polar surface area (TPSA) is 64.1 Å². The number of aromatic nitrogens is 2. The van der Waals surface area contributed by atoms with E-state index < -0.39 is 5.60 Å². The molecule has 0 unspecified atom stereocenters. The van der Waals surface area contributed by atoms with Crippen LogP contribution in [-0.4, -0.2) is 21.5 Å². The highest BCUT2D eigenvalue weighted by molar-refractivity contribution is 5.84. The first-order chi connectivity index (χ1) is 13.5. The standard InChI is InChI=1S/C23H23N3O2/c1-23(2,22(27)26-17-20-5-3-4-14-25-20)28-21-10-8-18(9-11-21)6-7-19-12-15-24-16-13-19/h3-16H,17H2,1-2H3,(H,26,27)/b7-6+. The molecule has 2 heterocycles. The molecule has 5 heteroatoms. The van der Waals surface area contributed by atoms with E-state index in [0.29, 0.717) is 12.3 Å². The number of hydrogen-bond acceptors (Lipinski definition) is 4.